The normalized spacial score (nSPS) is 18.5. The molecule has 0 saturated carbocycles. The molecule has 0 spiro atoms. The zero-order chi connectivity index (χ0) is 11.0. The fourth-order valence-corrected chi connectivity index (χ4v) is 2.55. The number of Topliss-reactive ketones (excluding diaryl/α,β-unsaturated/α-hetero) is 1. The number of rotatable bonds is 2. The Hall–Kier alpha value is -0.380. The van der Waals surface area contributed by atoms with Gasteiger partial charge in [-0.25, -0.2) is 0 Å². The van der Waals surface area contributed by atoms with Gasteiger partial charge in [0.05, 0.1) is 0 Å². The lowest BCUT2D eigenvalue weighted by Gasteiger charge is -2.13. The van der Waals surface area contributed by atoms with Gasteiger partial charge >= 0.3 is 0 Å². The van der Waals surface area contributed by atoms with Crippen molar-refractivity contribution >= 4 is 34.1 Å². The van der Waals surface area contributed by atoms with Crippen molar-refractivity contribution in [3.8, 4) is 0 Å². The van der Waals surface area contributed by atoms with Crippen LogP contribution in [0.4, 0.5) is 0 Å². The van der Waals surface area contributed by atoms with Crippen molar-refractivity contribution in [2.45, 2.75) is 6.42 Å². The van der Waals surface area contributed by atoms with Gasteiger partial charge in [-0.1, -0.05) is 22.0 Å². The SMILES string of the molecule is CN(C)CC1Cc2cc(Br)ccc2C1=O.Cl. The van der Waals surface area contributed by atoms with Crippen LogP contribution in [0.1, 0.15) is 15.9 Å². The number of nitrogens with zero attached hydrogens (tertiary/aromatic N) is 1. The molecular formula is C12H15BrClNO. The molecule has 2 nitrogen and oxygen atoms in total. The molecule has 0 radical (unpaired) electrons. The van der Waals surface area contributed by atoms with Crippen molar-refractivity contribution in [2.24, 2.45) is 5.92 Å². The topological polar surface area (TPSA) is 20.3 Å². The molecule has 16 heavy (non-hydrogen) atoms. The molecule has 0 amide bonds. The lowest BCUT2D eigenvalue weighted by Crippen LogP contribution is -2.25. The summed E-state index contributed by atoms with van der Waals surface area (Å²) >= 11 is 3.43. The van der Waals surface area contributed by atoms with Crippen molar-refractivity contribution < 1.29 is 4.79 Å². The lowest BCUT2D eigenvalue weighted by atomic mass is 10.1. The van der Waals surface area contributed by atoms with Gasteiger partial charge in [0.15, 0.2) is 5.78 Å². The summed E-state index contributed by atoms with van der Waals surface area (Å²) in [6.07, 6.45) is 0.881. The maximum atomic E-state index is 12.0. The van der Waals surface area contributed by atoms with Gasteiger partial charge in [0, 0.05) is 22.5 Å². The van der Waals surface area contributed by atoms with Gasteiger partial charge in [-0.3, -0.25) is 4.79 Å². The molecule has 0 saturated heterocycles. The van der Waals surface area contributed by atoms with E-state index in [9.17, 15) is 4.79 Å². The predicted octanol–water partition coefficient (Wildman–Crippen LogP) is 2.79. The second kappa shape index (κ2) is 5.30. The van der Waals surface area contributed by atoms with E-state index in [4.69, 9.17) is 0 Å². The Kier molecular flexibility index (Phi) is 4.53. The van der Waals surface area contributed by atoms with E-state index in [1.165, 1.54) is 5.56 Å². The van der Waals surface area contributed by atoms with Gasteiger partial charge in [0.2, 0.25) is 0 Å². The summed E-state index contributed by atoms with van der Waals surface area (Å²) in [6.45, 7) is 0.838. The average molecular weight is 305 g/mol. The molecule has 0 bridgehead atoms. The quantitative estimate of drug-likeness (QED) is 0.837. The zero-order valence-corrected chi connectivity index (χ0v) is 11.8. The van der Waals surface area contributed by atoms with Crippen LogP contribution in [0, 0.1) is 5.92 Å². The van der Waals surface area contributed by atoms with E-state index in [0.717, 1.165) is 23.0 Å². The van der Waals surface area contributed by atoms with Crippen LogP contribution in [0.25, 0.3) is 0 Å². The molecule has 1 unspecified atom stereocenters. The Morgan fingerprint density at radius 2 is 2.12 bits per heavy atom. The Labute approximate surface area is 111 Å². The summed E-state index contributed by atoms with van der Waals surface area (Å²) in [5, 5.41) is 0. The minimum atomic E-state index is 0. The van der Waals surface area contributed by atoms with Gasteiger partial charge in [-0.05, 0) is 38.2 Å². The molecule has 0 N–H and O–H groups in total. The lowest BCUT2D eigenvalue weighted by molar-refractivity contribution is 0.0916. The summed E-state index contributed by atoms with van der Waals surface area (Å²) in [7, 11) is 4.01. The second-order valence-electron chi connectivity index (χ2n) is 4.33. The zero-order valence-electron chi connectivity index (χ0n) is 9.37. The third-order valence-electron chi connectivity index (χ3n) is 2.76. The molecule has 0 aliphatic heterocycles. The van der Waals surface area contributed by atoms with Crippen LogP contribution in [0.15, 0.2) is 22.7 Å². The van der Waals surface area contributed by atoms with E-state index in [-0.39, 0.29) is 18.3 Å². The molecular weight excluding hydrogens is 289 g/mol. The van der Waals surface area contributed by atoms with E-state index < -0.39 is 0 Å². The average Bonchev–Trinajstić information content (AvgIpc) is 2.42. The number of carbonyl (C=O) groups excluding carboxylic acids is 1. The van der Waals surface area contributed by atoms with Crippen LogP contribution in [0.2, 0.25) is 0 Å². The molecule has 0 aromatic heterocycles. The van der Waals surface area contributed by atoms with Crippen LogP contribution < -0.4 is 0 Å². The molecule has 1 aliphatic rings. The predicted molar refractivity (Wildman–Crippen MR) is 71.5 cm³/mol. The van der Waals surface area contributed by atoms with Gasteiger partial charge in [-0.15, -0.1) is 12.4 Å². The summed E-state index contributed by atoms with van der Waals surface area (Å²) in [4.78, 5) is 14.1. The minimum absolute atomic E-state index is 0. The highest BCUT2D eigenvalue weighted by molar-refractivity contribution is 9.10. The molecule has 2 rings (SSSR count). The number of benzene rings is 1. The molecule has 1 atom stereocenters. The fourth-order valence-electron chi connectivity index (χ4n) is 2.14. The van der Waals surface area contributed by atoms with E-state index in [1.807, 2.05) is 26.2 Å². The minimum Gasteiger partial charge on any atom is -0.309 e. The van der Waals surface area contributed by atoms with Crippen LogP contribution in [0.5, 0.6) is 0 Å². The summed E-state index contributed by atoms with van der Waals surface area (Å²) < 4.78 is 1.06. The number of hydrogen-bond donors (Lipinski definition) is 0. The van der Waals surface area contributed by atoms with E-state index in [0.29, 0.717) is 5.78 Å². The van der Waals surface area contributed by atoms with E-state index in [2.05, 4.69) is 26.9 Å². The first-order chi connectivity index (χ1) is 7.08. The molecule has 1 aromatic carbocycles. The Balaban J connectivity index is 0.00000128. The molecule has 0 heterocycles. The van der Waals surface area contributed by atoms with Gasteiger partial charge in [0.25, 0.3) is 0 Å². The van der Waals surface area contributed by atoms with Crippen LogP contribution >= 0.6 is 28.3 Å². The second-order valence-corrected chi connectivity index (χ2v) is 5.24. The first kappa shape index (κ1) is 13.7. The Bertz CT molecular complexity index is 406. The Morgan fingerprint density at radius 1 is 1.44 bits per heavy atom. The maximum Gasteiger partial charge on any atom is 0.167 e. The Morgan fingerprint density at radius 3 is 2.75 bits per heavy atom. The van der Waals surface area contributed by atoms with Crippen molar-refractivity contribution in [3.63, 3.8) is 0 Å². The van der Waals surface area contributed by atoms with Gasteiger partial charge < -0.3 is 4.90 Å². The summed E-state index contributed by atoms with van der Waals surface area (Å²) in [5.41, 5.74) is 2.09. The first-order valence-electron chi connectivity index (χ1n) is 5.05. The maximum absolute atomic E-state index is 12.0. The van der Waals surface area contributed by atoms with Gasteiger partial charge in [-0.2, -0.15) is 0 Å². The number of fused-ring (bicyclic) bond motifs is 1. The van der Waals surface area contributed by atoms with Crippen LogP contribution in [-0.4, -0.2) is 31.3 Å². The van der Waals surface area contributed by atoms with Crippen molar-refractivity contribution in [1.29, 1.82) is 0 Å². The fraction of sp³-hybridized carbons (Fsp3) is 0.417. The van der Waals surface area contributed by atoms with Gasteiger partial charge in [0.1, 0.15) is 0 Å². The molecule has 1 aromatic rings. The number of halogens is 2. The van der Waals surface area contributed by atoms with Crippen LogP contribution in [-0.2, 0) is 6.42 Å². The molecule has 0 fully saturated rings. The highest BCUT2D eigenvalue weighted by atomic mass is 79.9. The van der Waals surface area contributed by atoms with E-state index >= 15 is 0 Å². The summed E-state index contributed by atoms with van der Waals surface area (Å²) in [6, 6.07) is 5.93. The standard InChI is InChI=1S/C12H14BrNO.ClH/c1-14(2)7-9-5-8-6-10(13)3-4-11(8)12(9)15;/h3-4,6,9H,5,7H2,1-2H3;1H. The van der Waals surface area contributed by atoms with Crippen molar-refractivity contribution in [1.82, 2.24) is 4.90 Å². The third-order valence-corrected chi connectivity index (χ3v) is 3.25. The smallest absolute Gasteiger partial charge is 0.167 e. The number of hydrogen-bond acceptors (Lipinski definition) is 2. The number of carbonyl (C=O) groups is 1. The first-order valence-corrected chi connectivity index (χ1v) is 5.84. The van der Waals surface area contributed by atoms with E-state index in [1.54, 1.807) is 0 Å². The van der Waals surface area contributed by atoms with Crippen LogP contribution in [0.3, 0.4) is 0 Å². The van der Waals surface area contributed by atoms with Crippen molar-refractivity contribution in [2.75, 3.05) is 20.6 Å². The molecule has 4 heteroatoms. The summed E-state index contributed by atoms with van der Waals surface area (Å²) in [5.74, 6) is 0.440. The highest BCUT2D eigenvalue weighted by Crippen LogP contribution is 2.29. The monoisotopic (exact) mass is 303 g/mol. The highest BCUT2D eigenvalue weighted by Gasteiger charge is 2.30. The molecule has 88 valence electrons. The largest absolute Gasteiger partial charge is 0.309 e. The third kappa shape index (κ3) is 2.65. The van der Waals surface area contributed by atoms with Crippen molar-refractivity contribution in [3.05, 3.63) is 33.8 Å². The molecule has 1 aliphatic carbocycles. The number of ketones is 1.